The van der Waals surface area contributed by atoms with Gasteiger partial charge in [0.2, 0.25) is 11.7 Å². The van der Waals surface area contributed by atoms with Gasteiger partial charge in [0.1, 0.15) is 0 Å². The van der Waals surface area contributed by atoms with E-state index in [0.29, 0.717) is 5.75 Å². The van der Waals surface area contributed by atoms with Crippen LogP contribution in [0.3, 0.4) is 0 Å². The summed E-state index contributed by atoms with van der Waals surface area (Å²) in [5, 5.41) is 0. The van der Waals surface area contributed by atoms with Gasteiger partial charge in [-0.25, -0.2) is 4.79 Å². The number of rotatable bonds is 2. The van der Waals surface area contributed by atoms with Crippen LogP contribution in [0.2, 0.25) is 0 Å². The molecule has 1 aliphatic rings. The molecule has 0 unspecified atom stereocenters. The van der Waals surface area contributed by atoms with Crippen molar-refractivity contribution in [2.45, 2.75) is 18.6 Å². The highest BCUT2D eigenvalue weighted by Crippen LogP contribution is 2.26. The molecular weight excluding hydrogens is 196 g/mol. The molecule has 2 atom stereocenters. The number of carbonyl (C=O) groups excluding carboxylic acids is 2. The van der Waals surface area contributed by atoms with Crippen LogP contribution in [0.25, 0.3) is 0 Å². The van der Waals surface area contributed by atoms with Crippen LogP contribution >= 0.6 is 11.8 Å². The first-order chi connectivity index (χ1) is 6.13. The van der Waals surface area contributed by atoms with Gasteiger partial charge in [-0.15, -0.1) is 11.8 Å². The Morgan fingerprint density at radius 2 is 2.23 bits per heavy atom. The van der Waals surface area contributed by atoms with E-state index in [0.717, 1.165) is 0 Å². The quantitative estimate of drug-likeness (QED) is 0.599. The van der Waals surface area contributed by atoms with Crippen molar-refractivity contribution in [2.75, 3.05) is 12.9 Å². The molecule has 1 saturated heterocycles. The van der Waals surface area contributed by atoms with Gasteiger partial charge in [0, 0.05) is 6.92 Å². The fourth-order valence-corrected chi connectivity index (χ4v) is 1.76. The van der Waals surface area contributed by atoms with Crippen molar-refractivity contribution < 1.29 is 23.8 Å². The Morgan fingerprint density at radius 1 is 1.54 bits per heavy atom. The van der Waals surface area contributed by atoms with Crippen molar-refractivity contribution in [3.05, 3.63) is 0 Å². The third-order valence-corrected chi connectivity index (χ3v) is 2.42. The maximum atomic E-state index is 10.9. The standard InChI is InChI=1S/C7H10O5S/c1-4(8)11-5-3-13-7(12-5)6(9)10-2/h5,7H,3H2,1-2H3/t5-,7+/m1/s1. The van der Waals surface area contributed by atoms with E-state index in [9.17, 15) is 9.59 Å². The van der Waals surface area contributed by atoms with E-state index in [2.05, 4.69) is 4.74 Å². The molecule has 74 valence electrons. The lowest BCUT2D eigenvalue weighted by Crippen LogP contribution is -2.23. The van der Waals surface area contributed by atoms with E-state index >= 15 is 0 Å². The van der Waals surface area contributed by atoms with Crippen LogP contribution in [0.5, 0.6) is 0 Å². The van der Waals surface area contributed by atoms with E-state index in [-0.39, 0.29) is 0 Å². The van der Waals surface area contributed by atoms with Crippen LogP contribution in [-0.4, -0.2) is 36.5 Å². The lowest BCUT2D eigenvalue weighted by atomic mass is 10.6. The zero-order valence-electron chi connectivity index (χ0n) is 7.31. The van der Waals surface area contributed by atoms with Crippen LogP contribution in [0.15, 0.2) is 0 Å². The van der Waals surface area contributed by atoms with Crippen molar-refractivity contribution in [3.8, 4) is 0 Å². The van der Waals surface area contributed by atoms with E-state index in [1.165, 1.54) is 25.8 Å². The molecule has 1 rings (SSSR count). The molecule has 0 aromatic carbocycles. The molecule has 1 heterocycles. The van der Waals surface area contributed by atoms with Crippen molar-refractivity contribution in [2.24, 2.45) is 0 Å². The lowest BCUT2D eigenvalue weighted by molar-refractivity contribution is -0.178. The minimum atomic E-state index is -0.672. The zero-order valence-corrected chi connectivity index (χ0v) is 8.13. The molecule has 0 saturated carbocycles. The summed E-state index contributed by atoms with van der Waals surface area (Å²) in [6.45, 7) is 1.29. The Bertz CT molecular complexity index is 217. The fourth-order valence-electron chi connectivity index (χ4n) is 0.849. The summed E-state index contributed by atoms with van der Waals surface area (Å²) in [5.41, 5.74) is -0.672. The number of esters is 2. The summed E-state index contributed by atoms with van der Waals surface area (Å²) in [4.78, 5) is 21.5. The monoisotopic (exact) mass is 206 g/mol. The average Bonchev–Trinajstić information content (AvgIpc) is 2.50. The first-order valence-corrected chi connectivity index (χ1v) is 4.70. The smallest absolute Gasteiger partial charge is 0.345 e. The molecule has 6 heteroatoms. The molecule has 0 amide bonds. The van der Waals surface area contributed by atoms with Crippen LogP contribution in [0.4, 0.5) is 0 Å². The predicted molar refractivity (Wildman–Crippen MR) is 44.9 cm³/mol. The first kappa shape index (κ1) is 10.3. The molecule has 1 aliphatic heterocycles. The van der Waals surface area contributed by atoms with E-state index in [1.54, 1.807) is 0 Å². The Morgan fingerprint density at radius 3 is 2.77 bits per heavy atom. The molecule has 0 bridgehead atoms. The van der Waals surface area contributed by atoms with Gasteiger partial charge in [0.15, 0.2) is 0 Å². The van der Waals surface area contributed by atoms with Crippen LogP contribution < -0.4 is 0 Å². The molecule has 0 aliphatic carbocycles. The SMILES string of the molecule is COC(=O)[C@H]1O[C@@H](OC(C)=O)CS1. The second-order valence-electron chi connectivity index (χ2n) is 2.36. The van der Waals surface area contributed by atoms with Gasteiger partial charge in [-0.05, 0) is 0 Å². The number of ether oxygens (including phenoxy) is 3. The summed E-state index contributed by atoms with van der Waals surface area (Å²) < 4.78 is 14.3. The van der Waals surface area contributed by atoms with Crippen molar-refractivity contribution in [3.63, 3.8) is 0 Å². The summed E-state index contributed by atoms with van der Waals surface area (Å²) >= 11 is 1.25. The van der Waals surface area contributed by atoms with Crippen LogP contribution in [0.1, 0.15) is 6.92 Å². The van der Waals surface area contributed by atoms with Gasteiger partial charge in [-0.3, -0.25) is 4.79 Å². The normalized spacial score (nSPS) is 26.9. The Balaban J connectivity index is 2.36. The molecule has 13 heavy (non-hydrogen) atoms. The first-order valence-electron chi connectivity index (χ1n) is 3.65. The van der Waals surface area contributed by atoms with Gasteiger partial charge < -0.3 is 14.2 Å². The second kappa shape index (κ2) is 4.48. The summed E-state index contributed by atoms with van der Waals surface area (Å²) in [6, 6.07) is 0. The number of hydrogen-bond donors (Lipinski definition) is 0. The molecule has 5 nitrogen and oxygen atoms in total. The topological polar surface area (TPSA) is 61.8 Å². The third-order valence-electron chi connectivity index (χ3n) is 1.35. The maximum absolute atomic E-state index is 10.9. The Labute approximate surface area is 79.7 Å². The number of methoxy groups -OCH3 is 1. The van der Waals surface area contributed by atoms with Gasteiger partial charge >= 0.3 is 11.9 Å². The maximum Gasteiger partial charge on any atom is 0.345 e. The highest BCUT2D eigenvalue weighted by molar-refractivity contribution is 8.00. The van der Waals surface area contributed by atoms with Crippen LogP contribution in [-0.2, 0) is 23.8 Å². The second-order valence-corrected chi connectivity index (χ2v) is 3.46. The van der Waals surface area contributed by atoms with Crippen molar-refractivity contribution in [1.29, 1.82) is 0 Å². The molecule has 0 radical (unpaired) electrons. The molecule has 0 spiro atoms. The number of thioether (sulfide) groups is 1. The minimum Gasteiger partial charge on any atom is -0.466 e. The highest BCUT2D eigenvalue weighted by Gasteiger charge is 2.33. The van der Waals surface area contributed by atoms with Gasteiger partial charge in [-0.2, -0.15) is 0 Å². The summed E-state index contributed by atoms with van der Waals surface area (Å²) in [7, 11) is 1.28. The predicted octanol–water partition coefficient (Wildman–Crippen LogP) is 0.138. The Kier molecular flexibility index (Phi) is 3.56. The van der Waals surface area contributed by atoms with E-state index in [1.807, 2.05) is 0 Å². The van der Waals surface area contributed by atoms with Crippen molar-refractivity contribution >= 4 is 23.7 Å². The van der Waals surface area contributed by atoms with Gasteiger partial charge in [0.05, 0.1) is 12.9 Å². The number of carbonyl (C=O) groups is 2. The van der Waals surface area contributed by atoms with E-state index < -0.39 is 23.7 Å². The summed E-state index contributed by atoms with van der Waals surface area (Å²) in [6.07, 6.45) is -0.633. The highest BCUT2D eigenvalue weighted by atomic mass is 32.2. The van der Waals surface area contributed by atoms with Gasteiger partial charge in [0.25, 0.3) is 0 Å². The lowest BCUT2D eigenvalue weighted by Gasteiger charge is -2.10. The number of hydrogen-bond acceptors (Lipinski definition) is 6. The van der Waals surface area contributed by atoms with Gasteiger partial charge in [-0.1, -0.05) is 0 Å². The van der Waals surface area contributed by atoms with E-state index in [4.69, 9.17) is 9.47 Å². The molecule has 0 N–H and O–H groups in total. The molecule has 0 aromatic rings. The third kappa shape index (κ3) is 2.89. The van der Waals surface area contributed by atoms with Crippen molar-refractivity contribution in [1.82, 2.24) is 0 Å². The zero-order chi connectivity index (χ0) is 9.84. The summed E-state index contributed by atoms with van der Waals surface area (Å²) in [5.74, 6) is -0.421. The Hall–Kier alpha value is -0.750. The largest absolute Gasteiger partial charge is 0.466 e. The molecule has 0 aromatic heterocycles. The fraction of sp³-hybridized carbons (Fsp3) is 0.714. The average molecular weight is 206 g/mol. The molecular formula is C7H10O5S. The minimum absolute atomic E-state index is 0.420. The molecule has 1 fully saturated rings. The van der Waals surface area contributed by atoms with Crippen LogP contribution in [0, 0.1) is 0 Å².